The molecule has 1 aromatic carbocycles. The molecular formula is C17H17F3N2O3S. The highest BCUT2D eigenvalue weighted by Crippen LogP contribution is 2.27. The molecule has 0 aliphatic carbocycles. The Morgan fingerprint density at radius 3 is 2.42 bits per heavy atom. The second kappa shape index (κ2) is 8.31. The van der Waals surface area contributed by atoms with Crippen LogP contribution in [0.2, 0.25) is 0 Å². The van der Waals surface area contributed by atoms with Crippen molar-refractivity contribution in [3.8, 4) is 0 Å². The number of aryl methyl sites for hydroxylation is 1. The first-order valence-corrected chi connectivity index (χ1v) is 8.55. The summed E-state index contributed by atoms with van der Waals surface area (Å²) in [5.74, 6) is -6.05. The van der Waals surface area contributed by atoms with Gasteiger partial charge in [-0.05, 0) is 30.5 Å². The largest absolute Gasteiger partial charge is 0.467 e. The SMILES string of the molecule is CCCc1ncc(C(=O)N(C)C(C(=O)OC)c2cc(F)c(F)c(F)c2)s1. The summed E-state index contributed by atoms with van der Waals surface area (Å²) in [6.45, 7) is 1.97. The van der Waals surface area contributed by atoms with E-state index >= 15 is 0 Å². The molecule has 1 aromatic heterocycles. The molecule has 1 unspecified atom stereocenters. The molecular weight excluding hydrogens is 369 g/mol. The molecule has 0 spiro atoms. The minimum atomic E-state index is -1.65. The Morgan fingerprint density at radius 1 is 1.27 bits per heavy atom. The number of halogens is 3. The number of esters is 1. The lowest BCUT2D eigenvalue weighted by Gasteiger charge is -2.26. The second-order valence-corrected chi connectivity index (χ2v) is 6.62. The van der Waals surface area contributed by atoms with E-state index in [0.29, 0.717) is 18.6 Å². The molecule has 0 N–H and O–H groups in total. The summed E-state index contributed by atoms with van der Waals surface area (Å²) in [7, 11) is 2.37. The Hall–Kier alpha value is -2.42. The molecule has 1 atom stereocenters. The number of aromatic nitrogens is 1. The van der Waals surface area contributed by atoms with Crippen LogP contribution in [0.25, 0.3) is 0 Å². The van der Waals surface area contributed by atoms with E-state index < -0.39 is 35.4 Å². The van der Waals surface area contributed by atoms with Gasteiger partial charge in [0.15, 0.2) is 23.5 Å². The third-order valence-corrected chi connectivity index (χ3v) is 4.73. The van der Waals surface area contributed by atoms with E-state index in [4.69, 9.17) is 0 Å². The maximum atomic E-state index is 13.6. The Labute approximate surface area is 152 Å². The van der Waals surface area contributed by atoms with Gasteiger partial charge < -0.3 is 9.64 Å². The minimum absolute atomic E-state index is 0.234. The summed E-state index contributed by atoms with van der Waals surface area (Å²) in [5.41, 5.74) is -0.234. The fraction of sp³-hybridized carbons (Fsp3) is 0.353. The topological polar surface area (TPSA) is 59.5 Å². The second-order valence-electron chi connectivity index (χ2n) is 5.51. The average molecular weight is 386 g/mol. The standard InChI is InChI=1S/C17H17F3N2O3S/c1-4-5-13-21-8-12(26-13)16(23)22(2)15(17(24)25-3)9-6-10(18)14(20)11(19)7-9/h6-8,15H,4-5H2,1-3H3. The highest BCUT2D eigenvalue weighted by atomic mass is 32.1. The van der Waals surface area contributed by atoms with Crippen LogP contribution in [0.15, 0.2) is 18.3 Å². The van der Waals surface area contributed by atoms with Crippen molar-refractivity contribution in [2.75, 3.05) is 14.2 Å². The van der Waals surface area contributed by atoms with Gasteiger partial charge in [-0.3, -0.25) is 4.79 Å². The maximum Gasteiger partial charge on any atom is 0.333 e. The average Bonchev–Trinajstić information content (AvgIpc) is 3.07. The number of hydrogen-bond acceptors (Lipinski definition) is 5. The van der Waals surface area contributed by atoms with Crippen LogP contribution in [-0.4, -0.2) is 35.9 Å². The highest BCUT2D eigenvalue weighted by molar-refractivity contribution is 7.13. The molecule has 5 nitrogen and oxygen atoms in total. The number of thiazole rings is 1. The summed E-state index contributed by atoms with van der Waals surface area (Å²) in [5, 5.41) is 0.762. The number of likely N-dealkylation sites (N-methyl/N-ethyl adjacent to an activating group) is 1. The van der Waals surface area contributed by atoms with Gasteiger partial charge in [-0.25, -0.2) is 22.9 Å². The Kier molecular flexibility index (Phi) is 6.36. The summed E-state index contributed by atoms with van der Waals surface area (Å²) in [6, 6.07) is -0.105. The van der Waals surface area contributed by atoms with Gasteiger partial charge in [-0.2, -0.15) is 0 Å². The first-order chi connectivity index (χ1) is 12.3. The number of rotatable bonds is 6. The van der Waals surface area contributed by atoms with E-state index in [-0.39, 0.29) is 10.4 Å². The molecule has 9 heteroatoms. The molecule has 0 bridgehead atoms. The Morgan fingerprint density at radius 2 is 1.88 bits per heavy atom. The third kappa shape index (κ3) is 4.04. The molecule has 1 amide bonds. The number of carbonyl (C=O) groups is 2. The molecule has 2 aromatic rings. The number of methoxy groups -OCH3 is 1. The van der Waals surface area contributed by atoms with Crippen LogP contribution in [0.3, 0.4) is 0 Å². The van der Waals surface area contributed by atoms with Gasteiger partial charge in [0.2, 0.25) is 0 Å². The molecule has 26 heavy (non-hydrogen) atoms. The fourth-order valence-electron chi connectivity index (χ4n) is 2.39. The van der Waals surface area contributed by atoms with Gasteiger partial charge in [-0.15, -0.1) is 11.3 Å². The van der Waals surface area contributed by atoms with Gasteiger partial charge in [0.25, 0.3) is 5.91 Å². The van der Waals surface area contributed by atoms with E-state index in [0.717, 1.165) is 23.4 Å². The lowest BCUT2D eigenvalue weighted by Crippen LogP contribution is -2.36. The molecule has 0 aliphatic heterocycles. The predicted octanol–water partition coefficient (Wildman–Crippen LogP) is 3.50. The van der Waals surface area contributed by atoms with Gasteiger partial charge in [-0.1, -0.05) is 6.92 Å². The number of hydrogen-bond donors (Lipinski definition) is 0. The molecule has 0 aliphatic rings. The quantitative estimate of drug-likeness (QED) is 0.563. The minimum Gasteiger partial charge on any atom is -0.467 e. The van der Waals surface area contributed by atoms with Crippen LogP contribution in [0, 0.1) is 17.5 Å². The van der Waals surface area contributed by atoms with Crippen LogP contribution in [-0.2, 0) is 16.0 Å². The lowest BCUT2D eigenvalue weighted by atomic mass is 10.0. The highest BCUT2D eigenvalue weighted by Gasteiger charge is 2.32. The summed E-state index contributed by atoms with van der Waals surface area (Å²) in [4.78, 5) is 30.2. The van der Waals surface area contributed by atoms with Crippen molar-refractivity contribution in [1.29, 1.82) is 0 Å². The van der Waals surface area contributed by atoms with Crippen LogP contribution in [0.1, 0.15) is 39.6 Å². The van der Waals surface area contributed by atoms with Gasteiger partial charge >= 0.3 is 5.97 Å². The van der Waals surface area contributed by atoms with Crippen molar-refractivity contribution in [3.63, 3.8) is 0 Å². The number of nitrogens with zero attached hydrogens (tertiary/aromatic N) is 2. The van der Waals surface area contributed by atoms with Crippen molar-refractivity contribution in [2.24, 2.45) is 0 Å². The van der Waals surface area contributed by atoms with Crippen molar-refractivity contribution in [3.05, 3.63) is 51.2 Å². The molecule has 2 rings (SSSR count). The van der Waals surface area contributed by atoms with Crippen LogP contribution < -0.4 is 0 Å². The van der Waals surface area contributed by atoms with Gasteiger partial charge in [0, 0.05) is 7.05 Å². The molecule has 140 valence electrons. The predicted molar refractivity (Wildman–Crippen MR) is 89.3 cm³/mol. The van der Waals surface area contributed by atoms with E-state index in [1.165, 1.54) is 24.6 Å². The maximum absolute atomic E-state index is 13.6. The zero-order chi connectivity index (χ0) is 19.4. The molecule has 0 radical (unpaired) electrons. The first kappa shape index (κ1) is 19.9. The fourth-order valence-corrected chi connectivity index (χ4v) is 3.39. The molecule has 0 fully saturated rings. The zero-order valence-corrected chi connectivity index (χ0v) is 15.2. The van der Waals surface area contributed by atoms with Crippen LogP contribution >= 0.6 is 11.3 Å². The van der Waals surface area contributed by atoms with Gasteiger partial charge in [0.1, 0.15) is 4.88 Å². The van der Waals surface area contributed by atoms with Gasteiger partial charge in [0.05, 0.1) is 18.3 Å². The smallest absolute Gasteiger partial charge is 0.333 e. The number of ether oxygens (including phenoxy) is 1. The summed E-state index contributed by atoms with van der Waals surface area (Å²) in [6.07, 6.45) is 2.95. The van der Waals surface area contributed by atoms with E-state index in [9.17, 15) is 22.8 Å². The third-order valence-electron chi connectivity index (χ3n) is 3.68. The molecule has 0 saturated heterocycles. The van der Waals surface area contributed by atoms with E-state index in [1.54, 1.807) is 0 Å². The number of amides is 1. The van der Waals surface area contributed by atoms with Crippen molar-refractivity contribution < 1.29 is 27.5 Å². The van der Waals surface area contributed by atoms with Crippen molar-refractivity contribution in [1.82, 2.24) is 9.88 Å². The number of benzene rings is 1. The molecule has 0 saturated carbocycles. The van der Waals surface area contributed by atoms with Crippen LogP contribution in [0.5, 0.6) is 0 Å². The first-order valence-electron chi connectivity index (χ1n) is 7.74. The van der Waals surface area contributed by atoms with E-state index in [2.05, 4.69) is 9.72 Å². The van der Waals surface area contributed by atoms with E-state index in [1.807, 2.05) is 6.92 Å². The number of carbonyl (C=O) groups excluding carboxylic acids is 2. The summed E-state index contributed by atoms with van der Waals surface area (Å²) < 4.78 is 45.0. The Balaban J connectivity index is 2.39. The zero-order valence-electron chi connectivity index (χ0n) is 14.4. The lowest BCUT2D eigenvalue weighted by molar-refractivity contribution is -0.145. The normalized spacial score (nSPS) is 11.9. The van der Waals surface area contributed by atoms with Crippen molar-refractivity contribution >= 4 is 23.2 Å². The Bertz CT molecular complexity index is 802. The molecule has 1 heterocycles. The monoisotopic (exact) mass is 386 g/mol. The van der Waals surface area contributed by atoms with Crippen LogP contribution in [0.4, 0.5) is 13.2 Å². The summed E-state index contributed by atoms with van der Waals surface area (Å²) >= 11 is 1.17. The van der Waals surface area contributed by atoms with Crippen molar-refractivity contribution in [2.45, 2.75) is 25.8 Å².